The van der Waals surface area contributed by atoms with E-state index in [0.29, 0.717) is 34.7 Å². The van der Waals surface area contributed by atoms with Crippen molar-refractivity contribution in [2.24, 2.45) is 0 Å². The van der Waals surface area contributed by atoms with Crippen molar-refractivity contribution in [2.75, 3.05) is 6.54 Å². The van der Waals surface area contributed by atoms with Crippen LogP contribution >= 0.6 is 0 Å². The van der Waals surface area contributed by atoms with Gasteiger partial charge in [0.05, 0.1) is 11.1 Å². The van der Waals surface area contributed by atoms with Gasteiger partial charge in [-0.2, -0.15) is 0 Å². The van der Waals surface area contributed by atoms with Crippen LogP contribution in [0.25, 0.3) is 22.6 Å². The molecule has 0 saturated heterocycles. The molecule has 0 unspecified atom stereocenters. The first-order valence-corrected chi connectivity index (χ1v) is 7.67. The molecule has 0 radical (unpaired) electrons. The number of phenolic OH excluding ortho intramolecular Hbond substituents is 1. The lowest BCUT2D eigenvalue weighted by molar-refractivity contribution is 0.0954. The molecule has 2 N–H and O–H groups in total. The minimum atomic E-state index is -0.166. The molecule has 1 aromatic heterocycles. The molecule has 0 spiro atoms. The third-order valence-corrected chi connectivity index (χ3v) is 3.61. The third-order valence-electron chi connectivity index (χ3n) is 3.61. The molecule has 3 rings (SSSR count). The van der Waals surface area contributed by atoms with Crippen molar-refractivity contribution in [3.8, 4) is 17.2 Å². The van der Waals surface area contributed by atoms with Gasteiger partial charge >= 0.3 is 0 Å². The van der Waals surface area contributed by atoms with E-state index in [0.717, 1.165) is 12.8 Å². The molecule has 5 heteroatoms. The Morgan fingerprint density at radius 3 is 2.83 bits per heavy atom. The number of nitrogens with one attached hydrogen (secondary N) is 1. The van der Waals surface area contributed by atoms with Crippen molar-refractivity contribution in [1.29, 1.82) is 0 Å². The molecular weight excluding hydrogens is 292 g/mol. The summed E-state index contributed by atoms with van der Waals surface area (Å²) in [6.07, 6.45) is 1.95. The molecule has 0 fully saturated rings. The Labute approximate surface area is 134 Å². The average molecular weight is 310 g/mol. The molecule has 0 bridgehead atoms. The molecule has 2 aromatic carbocycles. The lowest BCUT2D eigenvalue weighted by atomic mass is 10.1. The Morgan fingerprint density at radius 2 is 2.04 bits per heavy atom. The van der Waals surface area contributed by atoms with Gasteiger partial charge in [0.2, 0.25) is 5.89 Å². The second kappa shape index (κ2) is 6.52. The van der Waals surface area contributed by atoms with Crippen LogP contribution in [0.15, 0.2) is 46.9 Å². The molecule has 1 heterocycles. The van der Waals surface area contributed by atoms with E-state index >= 15 is 0 Å². The number of benzene rings is 2. The van der Waals surface area contributed by atoms with Crippen molar-refractivity contribution in [3.05, 3.63) is 48.0 Å². The molecular formula is C18H18N2O3. The number of fused-ring (bicyclic) bond motifs is 1. The summed E-state index contributed by atoms with van der Waals surface area (Å²) in [7, 11) is 0. The average Bonchev–Trinajstić information content (AvgIpc) is 2.99. The predicted molar refractivity (Wildman–Crippen MR) is 88.4 cm³/mol. The van der Waals surface area contributed by atoms with Crippen LogP contribution in [0, 0.1) is 0 Å². The number of phenols is 1. The fourth-order valence-corrected chi connectivity index (χ4v) is 2.38. The largest absolute Gasteiger partial charge is 0.507 e. The zero-order valence-corrected chi connectivity index (χ0v) is 12.9. The number of aromatic hydroxyl groups is 1. The van der Waals surface area contributed by atoms with Gasteiger partial charge in [-0.1, -0.05) is 31.5 Å². The van der Waals surface area contributed by atoms with Gasteiger partial charge in [0.25, 0.3) is 5.91 Å². The molecule has 0 aliphatic heterocycles. The Bertz CT molecular complexity index is 839. The number of hydrogen-bond acceptors (Lipinski definition) is 4. The number of unbranched alkanes of at least 4 members (excludes halogenated alkanes) is 1. The Balaban J connectivity index is 1.99. The highest BCUT2D eigenvalue weighted by molar-refractivity contribution is 6.04. The van der Waals surface area contributed by atoms with Crippen LogP contribution in [-0.2, 0) is 0 Å². The van der Waals surface area contributed by atoms with Crippen LogP contribution in [-0.4, -0.2) is 22.5 Å². The number of carbonyl (C=O) groups is 1. The van der Waals surface area contributed by atoms with Crippen LogP contribution in [0.1, 0.15) is 30.1 Å². The number of nitrogens with zero attached hydrogens (tertiary/aromatic N) is 1. The van der Waals surface area contributed by atoms with Crippen LogP contribution < -0.4 is 5.32 Å². The number of oxazole rings is 1. The fraction of sp³-hybridized carbons (Fsp3) is 0.222. The molecule has 1 amide bonds. The van der Waals surface area contributed by atoms with Gasteiger partial charge in [0.1, 0.15) is 11.3 Å². The van der Waals surface area contributed by atoms with Crippen LogP contribution in [0.4, 0.5) is 0 Å². The van der Waals surface area contributed by atoms with Crippen LogP contribution in [0.5, 0.6) is 5.75 Å². The van der Waals surface area contributed by atoms with Gasteiger partial charge in [-0.15, -0.1) is 0 Å². The van der Waals surface area contributed by atoms with Crippen LogP contribution in [0.3, 0.4) is 0 Å². The molecule has 5 nitrogen and oxygen atoms in total. The Hall–Kier alpha value is -2.82. The minimum absolute atomic E-state index is 0.0907. The highest BCUT2D eigenvalue weighted by Crippen LogP contribution is 2.31. The first-order valence-electron chi connectivity index (χ1n) is 7.67. The molecule has 23 heavy (non-hydrogen) atoms. The van der Waals surface area contributed by atoms with E-state index in [2.05, 4.69) is 17.2 Å². The molecule has 0 aliphatic rings. The first-order chi connectivity index (χ1) is 11.2. The number of hydrogen-bond donors (Lipinski definition) is 2. The van der Waals surface area contributed by atoms with Crippen molar-refractivity contribution in [3.63, 3.8) is 0 Å². The maximum atomic E-state index is 12.3. The maximum absolute atomic E-state index is 12.3. The third kappa shape index (κ3) is 3.04. The van der Waals surface area contributed by atoms with E-state index in [-0.39, 0.29) is 11.7 Å². The number of rotatable bonds is 5. The lowest BCUT2D eigenvalue weighted by Crippen LogP contribution is -2.24. The van der Waals surface area contributed by atoms with Crippen molar-refractivity contribution in [1.82, 2.24) is 10.3 Å². The van der Waals surface area contributed by atoms with Gasteiger partial charge in [0.15, 0.2) is 5.58 Å². The SMILES string of the molecule is CCCCNC(=O)c1cccc2oc(-c3ccccc3O)nc12. The Kier molecular flexibility index (Phi) is 4.28. The monoisotopic (exact) mass is 310 g/mol. The van der Waals surface area contributed by atoms with E-state index in [4.69, 9.17) is 4.42 Å². The number of carbonyl (C=O) groups excluding carboxylic acids is 1. The molecule has 0 aliphatic carbocycles. The van der Waals surface area contributed by atoms with E-state index in [1.165, 1.54) is 0 Å². The summed E-state index contributed by atoms with van der Waals surface area (Å²) in [5.74, 6) is 0.223. The maximum Gasteiger partial charge on any atom is 0.253 e. The molecule has 0 atom stereocenters. The summed E-state index contributed by atoms with van der Waals surface area (Å²) in [4.78, 5) is 16.7. The van der Waals surface area contributed by atoms with Crippen LogP contribution in [0.2, 0.25) is 0 Å². The predicted octanol–water partition coefficient (Wildman–Crippen LogP) is 3.73. The smallest absolute Gasteiger partial charge is 0.253 e. The van der Waals surface area contributed by atoms with E-state index in [1.807, 2.05) is 0 Å². The zero-order valence-electron chi connectivity index (χ0n) is 12.9. The second-order valence-electron chi connectivity index (χ2n) is 5.30. The first kappa shape index (κ1) is 15.1. The molecule has 3 aromatic rings. The summed E-state index contributed by atoms with van der Waals surface area (Å²) >= 11 is 0. The standard InChI is InChI=1S/C18H18N2O3/c1-2-3-11-19-17(22)13-8-6-10-15-16(13)20-18(23-15)12-7-4-5-9-14(12)21/h4-10,21H,2-3,11H2,1H3,(H,19,22). The van der Waals surface area contributed by atoms with Gasteiger partial charge in [-0.25, -0.2) is 4.98 Å². The summed E-state index contributed by atoms with van der Waals surface area (Å²) in [5.41, 5.74) is 2.00. The molecule has 0 saturated carbocycles. The lowest BCUT2D eigenvalue weighted by Gasteiger charge is -2.04. The van der Waals surface area contributed by atoms with Gasteiger partial charge < -0.3 is 14.8 Å². The Morgan fingerprint density at radius 1 is 1.22 bits per heavy atom. The highest BCUT2D eigenvalue weighted by atomic mass is 16.3. The normalized spacial score (nSPS) is 10.8. The summed E-state index contributed by atoms with van der Waals surface area (Å²) in [6.45, 7) is 2.71. The van der Waals surface area contributed by atoms with E-state index < -0.39 is 0 Å². The quantitative estimate of drug-likeness (QED) is 0.704. The fourth-order valence-electron chi connectivity index (χ4n) is 2.38. The topological polar surface area (TPSA) is 75.4 Å². The van der Waals surface area contributed by atoms with Crippen molar-refractivity contribution in [2.45, 2.75) is 19.8 Å². The summed E-state index contributed by atoms with van der Waals surface area (Å²) in [6, 6.07) is 12.1. The van der Waals surface area contributed by atoms with E-state index in [1.54, 1.807) is 42.5 Å². The summed E-state index contributed by atoms with van der Waals surface area (Å²) < 4.78 is 5.70. The molecule has 118 valence electrons. The van der Waals surface area contributed by atoms with Gasteiger partial charge in [-0.3, -0.25) is 4.79 Å². The van der Waals surface area contributed by atoms with Crippen molar-refractivity contribution < 1.29 is 14.3 Å². The number of aromatic nitrogens is 1. The van der Waals surface area contributed by atoms with Gasteiger partial charge in [-0.05, 0) is 30.7 Å². The highest BCUT2D eigenvalue weighted by Gasteiger charge is 2.17. The second-order valence-corrected chi connectivity index (χ2v) is 5.30. The minimum Gasteiger partial charge on any atom is -0.507 e. The number of amides is 1. The van der Waals surface area contributed by atoms with Crippen molar-refractivity contribution >= 4 is 17.0 Å². The zero-order chi connectivity index (χ0) is 16.2. The number of para-hydroxylation sites is 2. The van der Waals surface area contributed by atoms with Gasteiger partial charge in [0, 0.05) is 6.54 Å². The van der Waals surface area contributed by atoms with E-state index in [9.17, 15) is 9.90 Å². The summed E-state index contributed by atoms with van der Waals surface area (Å²) in [5, 5.41) is 12.8.